The quantitative estimate of drug-likeness (QED) is 0.749. The van der Waals surface area contributed by atoms with Gasteiger partial charge < -0.3 is 15.4 Å². The van der Waals surface area contributed by atoms with Gasteiger partial charge in [-0.1, -0.05) is 42.5 Å². The Bertz CT molecular complexity index is 805. The van der Waals surface area contributed by atoms with Crippen LogP contribution in [0.5, 0.6) is 5.75 Å². The monoisotopic (exact) mass is 393 g/mol. The molecule has 0 bridgehead atoms. The van der Waals surface area contributed by atoms with Gasteiger partial charge in [0.05, 0.1) is 13.7 Å². The normalized spacial score (nSPS) is 21.9. The molecule has 154 valence electrons. The zero-order valence-electron chi connectivity index (χ0n) is 17.2. The van der Waals surface area contributed by atoms with E-state index < -0.39 is 0 Å². The van der Waals surface area contributed by atoms with Gasteiger partial charge in [0, 0.05) is 31.6 Å². The van der Waals surface area contributed by atoms with Crippen LogP contribution in [0.1, 0.15) is 29.9 Å². The van der Waals surface area contributed by atoms with Gasteiger partial charge in [0.1, 0.15) is 5.75 Å². The minimum atomic E-state index is 0.229. The van der Waals surface area contributed by atoms with Crippen LogP contribution < -0.4 is 10.5 Å². The lowest BCUT2D eigenvalue weighted by Gasteiger charge is -2.25. The predicted octanol–water partition coefficient (Wildman–Crippen LogP) is 2.86. The van der Waals surface area contributed by atoms with E-state index in [0.29, 0.717) is 37.5 Å². The van der Waals surface area contributed by atoms with Gasteiger partial charge >= 0.3 is 0 Å². The molecule has 5 heteroatoms. The van der Waals surface area contributed by atoms with Gasteiger partial charge in [0.2, 0.25) is 5.91 Å². The lowest BCUT2D eigenvalue weighted by molar-refractivity contribution is -0.133. The first-order valence-corrected chi connectivity index (χ1v) is 10.6. The Labute approximate surface area is 173 Å². The Kier molecular flexibility index (Phi) is 6.16. The van der Waals surface area contributed by atoms with Crippen LogP contribution in [0.4, 0.5) is 0 Å². The zero-order valence-corrected chi connectivity index (χ0v) is 17.2. The summed E-state index contributed by atoms with van der Waals surface area (Å²) < 4.78 is 5.24. The van der Waals surface area contributed by atoms with Crippen LogP contribution in [0.15, 0.2) is 54.6 Å². The molecule has 1 aliphatic carbocycles. The number of likely N-dealkylation sites (tertiary alicyclic amines) is 1. The number of nitrogens with two attached hydrogens (primary N) is 1. The van der Waals surface area contributed by atoms with Crippen LogP contribution >= 0.6 is 0 Å². The van der Waals surface area contributed by atoms with Gasteiger partial charge in [-0.15, -0.1) is 0 Å². The van der Waals surface area contributed by atoms with Gasteiger partial charge in [-0.25, -0.2) is 0 Å². The second kappa shape index (κ2) is 8.97. The summed E-state index contributed by atoms with van der Waals surface area (Å²) in [4.78, 5) is 17.5. The Balaban J connectivity index is 1.40. The molecule has 1 saturated heterocycles. The standard InChI is InChI=1S/C24H31N3O2/c1-29-22-11-7-18(8-12-22)14-27(21-9-10-21)24(28)17-26-15-20(13-25)23(16-26)19-5-3-2-4-6-19/h2-8,11-12,20-21,23H,9-10,13-17,25H2,1H3/t20-,23+/m1/s1. The van der Waals surface area contributed by atoms with Crippen molar-refractivity contribution in [2.24, 2.45) is 11.7 Å². The van der Waals surface area contributed by atoms with Crippen LogP contribution in [-0.2, 0) is 11.3 Å². The molecule has 4 rings (SSSR count). The first-order valence-electron chi connectivity index (χ1n) is 10.6. The van der Waals surface area contributed by atoms with E-state index in [0.717, 1.165) is 37.2 Å². The van der Waals surface area contributed by atoms with E-state index in [4.69, 9.17) is 10.5 Å². The molecule has 1 aliphatic heterocycles. The van der Waals surface area contributed by atoms with E-state index in [9.17, 15) is 4.79 Å². The van der Waals surface area contributed by atoms with Crippen molar-refractivity contribution in [1.29, 1.82) is 0 Å². The Morgan fingerprint density at radius 3 is 2.45 bits per heavy atom. The number of hydrogen-bond donors (Lipinski definition) is 1. The van der Waals surface area contributed by atoms with E-state index in [2.05, 4.69) is 34.1 Å². The third-order valence-electron chi connectivity index (χ3n) is 6.23. The molecular weight excluding hydrogens is 362 g/mol. The maximum Gasteiger partial charge on any atom is 0.237 e. The highest BCUT2D eigenvalue weighted by atomic mass is 16.5. The molecule has 0 radical (unpaired) electrons. The van der Waals surface area contributed by atoms with Crippen molar-refractivity contribution in [2.45, 2.75) is 31.3 Å². The molecule has 2 aromatic rings. The van der Waals surface area contributed by atoms with Crippen molar-refractivity contribution in [3.63, 3.8) is 0 Å². The van der Waals surface area contributed by atoms with Crippen LogP contribution in [-0.4, -0.2) is 55.0 Å². The molecule has 0 spiro atoms. The molecule has 0 unspecified atom stereocenters. The van der Waals surface area contributed by atoms with Crippen molar-refractivity contribution >= 4 is 5.91 Å². The molecule has 1 heterocycles. The summed E-state index contributed by atoms with van der Waals surface area (Å²) in [6.45, 7) is 3.60. The molecule has 2 aromatic carbocycles. The maximum absolute atomic E-state index is 13.2. The first kappa shape index (κ1) is 19.9. The van der Waals surface area contributed by atoms with Crippen molar-refractivity contribution < 1.29 is 9.53 Å². The third kappa shape index (κ3) is 4.80. The predicted molar refractivity (Wildman–Crippen MR) is 115 cm³/mol. The second-order valence-electron chi connectivity index (χ2n) is 8.31. The van der Waals surface area contributed by atoms with Crippen LogP contribution in [0.25, 0.3) is 0 Å². The van der Waals surface area contributed by atoms with Crippen LogP contribution in [0.3, 0.4) is 0 Å². The molecule has 5 nitrogen and oxygen atoms in total. The van der Waals surface area contributed by atoms with E-state index in [1.54, 1.807) is 7.11 Å². The average molecular weight is 394 g/mol. The molecular formula is C24H31N3O2. The van der Waals surface area contributed by atoms with Crippen LogP contribution in [0, 0.1) is 5.92 Å². The van der Waals surface area contributed by atoms with E-state index >= 15 is 0 Å². The summed E-state index contributed by atoms with van der Waals surface area (Å²) in [5, 5.41) is 0. The molecule has 2 fully saturated rings. The molecule has 2 N–H and O–H groups in total. The lowest BCUT2D eigenvalue weighted by atomic mass is 9.89. The summed E-state index contributed by atoms with van der Waals surface area (Å²) in [5.41, 5.74) is 8.54. The Morgan fingerprint density at radius 2 is 1.83 bits per heavy atom. The number of nitrogens with zero attached hydrogens (tertiary/aromatic N) is 2. The lowest BCUT2D eigenvalue weighted by Crippen LogP contribution is -2.40. The van der Waals surface area contributed by atoms with Crippen molar-refractivity contribution in [3.8, 4) is 5.75 Å². The number of ether oxygens (including phenoxy) is 1. The molecule has 2 aliphatic rings. The van der Waals surface area contributed by atoms with Crippen molar-refractivity contribution in [1.82, 2.24) is 9.80 Å². The minimum Gasteiger partial charge on any atom is -0.497 e. The van der Waals surface area contributed by atoms with Gasteiger partial charge in [-0.05, 0) is 48.6 Å². The fraction of sp³-hybridized carbons (Fsp3) is 0.458. The van der Waals surface area contributed by atoms with Gasteiger partial charge in [-0.2, -0.15) is 0 Å². The van der Waals surface area contributed by atoms with Gasteiger partial charge in [0.25, 0.3) is 0 Å². The zero-order chi connectivity index (χ0) is 20.2. The number of hydrogen-bond acceptors (Lipinski definition) is 4. The molecule has 0 aromatic heterocycles. The number of amides is 1. The highest BCUT2D eigenvalue weighted by Crippen LogP contribution is 2.33. The van der Waals surface area contributed by atoms with E-state index in [1.807, 2.05) is 30.3 Å². The maximum atomic E-state index is 13.2. The summed E-state index contributed by atoms with van der Waals surface area (Å²) in [5.74, 6) is 1.88. The summed E-state index contributed by atoms with van der Waals surface area (Å²) in [6, 6.07) is 19.0. The summed E-state index contributed by atoms with van der Waals surface area (Å²) >= 11 is 0. The SMILES string of the molecule is COc1ccc(CN(C(=O)CN2C[C@@H](CN)[C@H](c3ccccc3)C2)C2CC2)cc1. The largest absolute Gasteiger partial charge is 0.497 e. The molecule has 2 atom stereocenters. The average Bonchev–Trinajstić information content (AvgIpc) is 3.52. The number of carbonyl (C=O) groups excluding carboxylic acids is 1. The van der Waals surface area contributed by atoms with E-state index in [-0.39, 0.29) is 5.91 Å². The van der Waals surface area contributed by atoms with E-state index in [1.165, 1.54) is 5.56 Å². The number of methoxy groups -OCH3 is 1. The molecule has 1 amide bonds. The number of benzene rings is 2. The fourth-order valence-corrected chi connectivity index (χ4v) is 4.42. The first-order chi connectivity index (χ1) is 14.2. The minimum absolute atomic E-state index is 0.229. The smallest absolute Gasteiger partial charge is 0.237 e. The topological polar surface area (TPSA) is 58.8 Å². The second-order valence-corrected chi connectivity index (χ2v) is 8.31. The van der Waals surface area contributed by atoms with Crippen LogP contribution in [0.2, 0.25) is 0 Å². The number of carbonyl (C=O) groups is 1. The summed E-state index contributed by atoms with van der Waals surface area (Å²) in [6.07, 6.45) is 2.22. The number of rotatable bonds is 8. The Morgan fingerprint density at radius 1 is 1.10 bits per heavy atom. The summed E-state index contributed by atoms with van der Waals surface area (Å²) in [7, 11) is 1.67. The van der Waals surface area contributed by atoms with Crippen molar-refractivity contribution in [3.05, 3.63) is 65.7 Å². The highest BCUT2D eigenvalue weighted by Gasteiger charge is 2.37. The highest BCUT2D eigenvalue weighted by molar-refractivity contribution is 5.79. The molecule has 29 heavy (non-hydrogen) atoms. The van der Waals surface area contributed by atoms with Crippen molar-refractivity contribution in [2.75, 3.05) is 33.3 Å². The van der Waals surface area contributed by atoms with Gasteiger partial charge in [0.15, 0.2) is 0 Å². The van der Waals surface area contributed by atoms with Gasteiger partial charge in [-0.3, -0.25) is 9.69 Å². The Hall–Kier alpha value is -2.37. The fourth-order valence-electron chi connectivity index (χ4n) is 4.42. The molecule has 1 saturated carbocycles. The third-order valence-corrected chi connectivity index (χ3v) is 6.23.